The zero-order chi connectivity index (χ0) is 21.0. The highest BCUT2D eigenvalue weighted by Crippen LogP contribution is 2.28. The Morgan fingerprint density at radius 2 is 2.03 bits per heavy atom. The molecule has 0 saturated carbocycles. The van der Waals surface area contributed by atoms with Crippen molar-refractivity contribution in [2.24, 2.45) is 5.10 Å². The number of aryl methyl sites for hydroxylation is 1. The van der Waals surface area contributed by atoms with Gasteiger partial charge in [0.1, 0.15) is 17.6 Å². The lowest BCUT2D eigenvalue weighted by molar-refractivity contribution is 0.363. The summed E-state index contributed by atoms with van der Waals surface area (Å²) >= 11 is 7.73. The zero-order valence-corrected chi connectivity index (χ0v) is 21.2. The molecule has 0 radical (unpaired) electrons. The first-order chi connectivity index (χ1) is 13.9. The largest absolute Gasteiger partial charge is 0.477 e. The first kappa shape index (κ1) is 22.2. The van der Waals surface area contributed by atoms with Gasteiger partial charge in [-0.15, -0.1) is 0 Å². The van der Waals surface area contributed by atoms with Gasteiger partial charge in [0, 0.05) is 10.9 Å². The number of fused-ring (bicyclic) bond motifs is 1. The SMILES string of the molecule is CCCc1nc2ccc(Br)cc2c(=O)n1N=Cc1cc(I)c(OCC#N)c(I)c1. The molecule has 0 spiro atoms. The van der Waals surface area contributed by atoms with Gasteiger partial charge in [-0.3, -0.25) is 4.79 Å². The van der Waals surface area contributed by atoms with Crippen LogP contribution in [0.25, 0.3) is 10.9 Å². The van der Waals surface area contributed by atoms with E-state index in [0.717, 1.165) is 23.6 Å². The van der Waals surface area contributed by atoms with Gasteiger partial charge < -0.3 is 4.74 Å². The number of ether oxygens (including phenoxy) is 1. The molecule has 29 heavy (non-hydrogen) atoms. The van der Waals surface area contributed by atoms with Crippen LogP contribution in [-0.2, 0) is 6.42 Å². The summed E-state index contributed by atoms with van der Waals surface area (Å²) in [6.07, 6.45) is 3.14. The topological polar surface area (TPSA) is 80.3 Å². The van der Waals surface area contributed by atoms with E-state index in [0.29, 0.717) is 28.9 Å². The molecule has 0 N–H and O–H groups in total. The Labute approximate surface area is 203 Å². The van der Waals surface area contributed by atoms with Crippen LogP contribution in [-0.4, -0.2) is 22.5 Å². The number of aromatic nitrogens is 2. The predicted octanol–water partition coefficient (Wildman–Crippen LogP) is 5.11. The molecule has 6 nitrogen and oxygen atoms in total. The Morgan fingerprint density at radius 1 is 1.31 bits per heavy atom. The number of nitriles is 1. The maximum atomic E-state index is 13.0. The van der Waals surface area contributed by atoms with E-state index in [1.54, 1.807) is 12.3 Å². The molecule has 1 aromatic heterocycles. The molecular formula is C20H15BrI2N4O2. The maximum Gasteiger partial charge on any atom is 0.282 e. The lowest BCUT2D eigenvalue weighted by atomic mass is 10.2. The molecule has 0 saturated heterocycles. The molecule has 2 aromatic carbocycles. The lowest BCUT2D eigenvalue weighted by Gasteiger charge is -2.10. The molecule has 0 atom stereocenters. The normalized spacial score (nSPS) is 11.1. The van der Waals surface area contributed by atoms with Crippen molar-refractivity contribution < 1.29 is 4.74 Å². The molecule has 0 bridgehead atoms. The van der Waals surface area contributed by atoms with E-state index in [4.69, 9.17) is 10.00 Å². The van der Waals surface area contributed by atoms with Crippen molar-refractivity contribution in [3.63, 3.8) is 0 Å². The minimum atomic E-state index is -0.200. The van der Waals surface area contributed by atoms with Gasteiger partial charge in [0.05, 0.1) is 24.3 Å². The summed E-state index contributed by atoms with van der Waals surface area (Å²) in [5.74, 6) is 1.30. The van der Waals surface area contributed by atoms with Crippen molar-refractivity contribution in [2.45, 2.75) is 19.8 Å². The standard InChI is InChI=1S/C20H15BrI2N4O2/c1-2-3-18-26-17-5-4-13(21)10-14(17)20(28)27(18)25-11-12-8-15(22)19(16(23)9-12)29-7-6-24/h4-5,8-11H,2-3,7H2,1H3. The third-order valence-corrected chi connectivity index (χ3v) is 6.07. The summed E-state index contributed by atoms with van der Waals surface area (Å²) < 4.78 is 9.40. The van der Waals surface area contributed by atoms with Gasteiger partial charge in [0.2, 0.25) is 0 Å². The fourth-order valence-corrected chi connectivity index (χ4v) is 5.21. The highest BCUT2D eigenvalue weighted by molar-refractivity contribution is 14.1. The summed E-state index contributed by atoms with van der Waals surface area (Å²) in [7, 11) is 0. The second kappa shape index (κ2) is 9.99. The van der Waals surface area contributed by atoms with E-state index in [-0.39, 0.29) is 12.2 Å². The molecule has 1 heterocycles. The Morgan fingerprint density at radius 3 is 2.69 bits per heavy atom. The van der Waals surface area contributed by atoms with E-state index in [2.05, 4.69) is 71.2 Å². The van der Waals surface area contributed by atoms with E-state index >= 15 is 0 Å². The van der Waals surface area contributed by atoms with Gasteiger partial charge in [-0.2, -0.15) is 15.0 Å². The third-order valence-electron chi connectivity index (χ3n) is 3.97. The van der Waals surface area contributed by atoms with E-state index in [9.17, 15) is 4.79 Å². The molecule has 0 aliphatic heterocycles. The van der Waals surface area contributed by atoms with Crippen LogP contribution >= 0.6 is 61.1 Å². The summed E-state index contributed by atoms with van der Waals surface area (Å²) in [6, 6.07) is 11.2. The molecule has 9 heteroatoms. The number of halogens is 3. The Kier molecular flexibility index (Phi) is 7.64. The number of rotatable bonds is 6. The highest BCUT2D eigenvalue weighted by atomic mass is 127. The lowest BCUT2D eigenvalue weighted by Crippen LogP contribution is -2.22. The van der Waals surface area contributed by atoms with Crippen LogP contribution in [0.1, 0.15) is 24.7 Å². The highest BCUT2D eigenvalue weighted by Gasteiger charge is 2.11. The summed E-state index contributed by atoms with van der Waals surface area (Å²) in [6.45, 7) is 2.03. The van der Waals surface area contributed by atoms with Crippen molar-refractivity contribution in [3.8, 4) is 11.8 Å². The van der Waals surface area contributed by atoms with E-state index in [1.807, 2.05) is 37.3 Å². The van der Waals surface area contributed by atoms with Crippen molar-refractivity contribution in [1.82, 2.24) is 9.66 Å². The summed E-state index contributed by atoms with van der Waals surface area (Å²) in [4.78, 5) is 17.7. The number of hydrogen-bond donors (Lipinski definition) is 0. The molecule has 148 valence electrons. The number of benzene rings is 2. The van der Waals surface area contributed by atoms with Crippen molar-refractivity contribution in [1.29, 1.82) is 5.26 Å². The Bertz CT molecular complexity index is 1180. The monoisotopic (exact) mass is 676 g/mol. The van der Waals surface area contributed by atoms with Crippen molar-refractivity contribution in [3.05, 3.63) is 63.7 Å². The zero-order valence-electron chi connectivity index (χ0n) is 15.3. The summed E-state index contributed by atoms with van der Waals surface area (Å²) in [5, 5.41) is 13.7. The molecular weight excluding hydrogens is 662 g/mol. The van der Waals surface area contributed by atoms with Gasteiger partial charge >= 0.3 is 0 Å². The fraction of sp³-hybridized carbons (Fsp3) is 0.200. The average Bonchev–Trinajstić information content (AvgIpc) is 2.68. The Balaban J connectivity index is 2.06. The third kappa shape index (κ3) is 5.16. The second-order valence-electron chi connectivity index (χ2n) is 6.06. The fourth-order valence-electron chi connectivity index (χ4n) is 2.72. The van der Waals surface area contributed by atoms with Crippen LogP contribution in [0.4, 0.5) is 0 Å². The molecule has 0 unspecified atom stereocenters. The predicted molar refractivity (Wildman–Crippen MR) is 134 cm³/mol. The van der Waals surface area contributed by atoms with Crippen LogP contribution in [0.15, 0.2) is 44.7 Å². The Hall–Kier alpha value is -1.52. The van der Waals surface area contributed by atoms with E-state index < -0.39 is 0 Å². The van der Waals surface area contributed by atoms with Gasteiger partial charge in [-0.05, 0) is 87.5 Å². The van der Waals surface area contributed by atoms with Crippen LogP contribution in [0.5, 0.6) is 5.75 Å². The van der Waals surface area contributed by atoms with Gasteiger partial charge in [0.15, 0.2) is 6.61 Å². The molecule has 0 aliphatic rings. The molecule has 0 amide bonds. The average molecular weight is 677 g/mol. The minimum absolute atomic E-state index is 0.00642. The number of nitrogens with zero attached hydrogens (tertiary/aromatic N) is 4. The molecule has 3 rings (SSSR count). The summed E-state index contributed by atoms with van der Waals surface area (Å²) in [5.41, 5.74) is 1.29. The maximum absolute atomic E-state index is 13.0. The van der Waals surface area contributed by atoms with Gasteiger partial charge in [-0.1, -0.05) is 22.9 Å². The van der Waals surface area contributed by atoms with Crippen LogP contribution < -0.4 is 10.3 Å². The quantitative estimate of drug-likeness (QED) is 0.269. The molecule has 0 aliphatic carbocycles. The van der Waals surface area contributed by atoms with Gasteiger partial charge in [0.25, 0.3) is 5.56 Å². The number of hydrogen-bond acceptors (Lipinski definition) is 5. The molecule has 3 aromatic rings. The van der Waals surface area contributed by atoms with E-state index in [1.165, 1.54) is 4.68 Å². The molecule has 0 fully saturated rings. The van der Waals surface area contributed by atoms with Gasteiger partial charge in [-0.25, -0.2) is 4.98 Å². The first-order valence-corrected chi connectivity index (χ1v) is 11.6. The second-order valence-corrected chi connectivity index (χ2v) is 9.30. The van der Waals surface area contributed by atoms with Crippen LogP contribution in [0.3, 0.4) is 0 Å². The van der Waals surface area contributed by atoms with Crippen LogP contribution in [0.2, 0.25) is 0 Å². The van der Waals surface area contributed by atoms with Crippen LogP contribution in [0, 0.1) is 18.5 Å². The van der Waals surface area contributed by atoms with Crippen molar-refractivity contribution in [2.75, 3.05) is 6.61 Å². The first-order valence-electron chi connectivity index (χ1n) is 8.69. The smallest absolute Gasteiger partial charge is 0.282 e. The van der Waals surface area contributed by atoms with Crippen molar-refractivity contribution >= 4 is 78.2 Å². The minimum Gasteiger partial charge on any atom is -0.477 e.